The Morgan fingerprint density at radius 2 is 1.43 bits per heavy atom. The van der Waals surface area contributed by atoms with Crippen LogP contribution in [-0.2, 0) is 14.3 Å². The number of esters is 1. The summed E-state index contributed by atoms with van der Waals surface area (Å²) in [5.41, 5.74) is 0. The number of hydrogen-bond acceptors (Lipinski definition) is 4. The average molecular weight is 422 g/mol. The van der Waals surface area contributed by atoms with E-state index in [0.717, 1.165) is 51.4 Å². The smallest absolute Gasteiger partial charge is 0.306 e. The lowest BCUT2D eigenvalue weighted by Gasteiger charge is -2.29. The molecule has 0 aromatic carbocycles. The molecular weight excluding hydrogens is 378 g/mol. The number of rotatable bonds is 18. The Labute approximate surface area is 184 Å². The molecule has 0 rings (SSSR count). The van der Waals surface area contributed by atoms with Crippen LogP contribution in [0.1, 0.15) is 77.6 Å². The van der Waals surface area contributed by atoms with Gasteiger partial charge >= 0.3 is 5.97 Å². The number of aliphatic carboxylic acids is 1. The fourth-order valence-corrected chi connectivity index (χ4v) is 3.07. The summed E-state index contributed by atoms with van der Waals surface area (Å²) in [5.74, 6) is -1.49. The van der Waals surface area contributed by atoms with Crippen LogP contribution in [0.4, 0.5) is 0 Å². The monoisotopic (exact) mass is 421 g/mol. The van der Waals surface area contributed by atoms with Gasteiger partial charge in [-0.25, -0.2) is 0 Å². The van der Waals surface area contributed by atoms with E-state index in [-0.39, 0.29) is 12.4 Å². The molecule has 0 aliphatic heterocycles. The topological polar surface area (TPSA) is 66.4 Å². The van der Waals surface area contributed by atoms with Gasteiger partial charge in [0.1, 0.15) is 6.54 Å². The van der Waals surface area contributed by atoms with Crippen molar-refractivity contribution >= 4 is 11.9 Å². The third kappa shape index (κ3) is 20.8. The molecule has 0 aromatic rings. The molecule has 0 saturated heterocycles. The number of ether oxygens (including phenoxy) is 1. The van der Waals surface area contributed by atoms with Gasteiger partial charge in [-0.15, -0.1) is 0 Å². The van der Waals surface area contributed by atoms with Gasteiger partial charge in [-0.1, -0.05) is 62.6 Å². The van der Waals surface area contributed by atoms with Crippen molar-refractivity contribution in [2.24, 2.45) is 0 Å². The first-order chi connectivity index (χ1) is 14.2. The van der Waals surface area contributed by atoms with E-state index in [1.54, 1.807) is 0 Å². The summed E-state index contributed by atoms with van der Waals surface area (Å²) in [6.07, 6.45) is 22.1. The van der Waals surface area contributed by atoms with Gasteiger partial charge < -0.3 is 19.1 Å². The summed E-state index contributed by atoms with van der Waals surface area (Å²) in [7, 11) is 5.82. The molecule has 0 bridgehead atoms. The fourth-order valence-electron chi connectivity index (χ4n) is 3.07. The average Bonchev–Trinajstić information content (AvgIpc) is 2.63. The van der Waals surface area contributed by atoms with Gasteiger partial charge in [0.05, 0.1) is 21.1 Å². The van der Waals surface area contributed by atoms with Crippen LogP contribution in [0.15, 0.2) is 36.5 Å². The molecule has 0 aliphatic carbocycles. The molecule has 0 amide bonds. The SMILES string of the molecule is CC/C=C\C/C=C\C/C=C\CCCCCCCC(=O)O[C@@H](CC(=O)[O-])C[N+](C)(C)C. The molecule has 1 atom stereocenters. The van der Waals surface area contributed by atoms with Crippen molar-refractivity contribution < 1.29 is 23.9 Å². The van der Waals surface area contributed by atoms with Gasteiger partial charge in [-0.2, -0.15) is 0 Å². The minimum absolute atomic E-state index is 0.250. The van der Waals surface area contributed by atoms with Crippen molar-refractivity contribution in [2.45, 2.75) is 83.7 Å². The van der Waals surface area contributed by atoms with Crippen molar-refractivity contribution in [3.05, 3.63) is 36.5 Å². The Kier molecular flexibility index (Phi) is 16.8. The molecule has 0 saturated carbocycles. The number of allylic oxidation sites excluding steroid dienone is 6. The quantitative estimate of drug-likeness (QED) is 0.143. The van der Waals surface area contributed by atoms with Gasteiger partial charge in [0.25, 0.3) is 0 Å². The molecule has 0 heterocycles. The summed E-state index contributed by atoms with van der Waals surface area (Å²) < 4.78 is 5.90. The lowest BCUT2D eigenvalue weighted by Crippen LogP contribution is -2.45. The number of likely N-dealkylation sites (N-methyl/N-ethyl adjacent to an activating group) is 1. The first-order valence-corrected chi connectivity index (χ1v) is 11.4. The third-order valence-corrected chi connectivity index (χ3v) is 4.48. The van der Waals surface area contributed by atoms with Crippen molar-refractivity contribution in [1.29, 1.82) is 0 Å². The van der Waals surface area contributed by atoms with E-state index in [0.29, 0.717) is 17.4 Å². The molecule has 0 aliphatic rings. The largest absolute Gasteiger partial charge is 0.550 e. The zero-order valence-corrected chi connectivity index (χ0v) is 19.6. The Morgan fingerprint density at radius 3 is 2.03 bits per heavy atom. The minimum Gasteiger partial charge on any atom is -0.550 e. The Morgan fingerprint density at radius 1 is 0.867 bits per heavy atom. The number of carboxylic acids is 1. The normalized spacial score (nSPS) is 13.5. The number of carbonyl (C=O) groups excluding carboxylic acids is 2. The molecule has 0 spiro atoms. The molecule has 0 N–H and O–H groups in total. The number of carbonyl (C=O) groups is 2. The Balaban J connectivity index is 3.75. The van der Waals surface area contributed by atoms with Gasteiger partial charge in [0.15, 0.2) is 6.10 Å². The maximum absolute atomic E-state index is 12.0. The molecule has 5 heteroatoms. The zero-order valence-electron chi connectivity index (χ0n) is 19.6. The second kappa shape index (κ2) is 17.9. The van der Waals surface area contributed by atoms with E-state index in [9.17, 15) is 14.7 Å². The van der Waals surface area contributed by atoms with Crippen molar-refractivity contribution in [2.75, 3.05) is 27.7 Å². The number of unbranched alkanes of at least 4 members (excludes halogenated alkanes) is 5. The van der Waals surface area contributed by atoms with E-state index >= 15 is 0 Å². The number of nitrogens with zero attached hydrogens (tertiary/aromatic N) is 1. The molecular formula is C25H43NO4. The van der Waals surface area contributed by atoms with Gasteiger partial charge in [0.2, 0.25) is 0 Å². The van der Waals surface area contributed by atoms with E-state index in [1.165, 1.54) is 6.42 Å². The summed E-state index contributed by atoms with van der Waals surface area (Å²) in [4.78, 5) is 22.9. The van der Waals surface area contributed by atoms with Crippen molar-refractivity contribution in [3.63, 3.8) is 0 Å². The first kappa shape index (κ1) is 28.1. The minimum atomic E-state index is -1.18. The van der Waals surface area contributed by atoms with E-state index in [4.69, 9.17) is 4.74 Å². The second-order valence-corrected chi connectivity index (χ2v) is 8.76. The lowest BCUT2D eigenvalue weighted by molar-refractivity contribution is -0.873. The van der Waals surface area contributed by atoms with Gasteiger partial charge in [-0.05, 0) is 38.5 Å². The summed E-state index contributed by atoms with van der Waals surface area (Å²) >= 11 is 0. The maximum atomic E-state index is 12.0. The highest BCUT2D eigenvalue weighted by molar-refractivity contribution is 5.70. The molecule has 5 nitrogen and oxygen atoms in total. The lowest BCUT2D eigenvalue weighted by atomic mass is 10.1. The van der Waals surface area contributed by atoms with Crippen molar-refractivity contribution in [1.82, 2.24) is 0 Å². The van der Waals surface area contributed by atoms with Crippen LogP contribution >= 0.6 is 0 Å². The Hall–Kier alpha value is -1.88. The van der Waals surface area contributed by atoms with E-state index < -0.39 is 12.1 Å². The van der Waals surface area contributed by atoms with E-state index in [2.05, 4.69) is 43.4 Å². The molecule has 0 aromatic heterocycles. The van der Waals surface area contributed by atoms with Crippen LogP contribution in [-0.4, -0.2) is 50.2 Å². The van der Waals surface area contributed by atoms with Gasteiger partial charge in [-0.3, -0.25) is 4.79 Å². The van der Waals surface area contributed by atoms with Gasteiger partial charge in [0, 0.05) is 18.8 Å². The highest BCUT2D eigenvalue weighted by Crippen LogP contribution is 2.11. The molecule has 30 heavy (non-hydrogen) atoms. The summed E-state index contributed by atoms with van der Waals surface area (Å²) in [5, 5.41) is 10.9. The third-order valence-electron chi connectivity index (χ3n) is 4.48. The summed E-state index contributed by atoms with van der Waals surface area (Å²) in [6, 6.07) is 0. The van der Waals surface area contributed by atoms with Crippen LogP contribution in [0.25, 0.3) is 0 Å². The van der Waals surface area contributed by atoms with E-state index in [1.807, 2.05) is 21.1 Å². The fraction of sp³-hybridized carbons (Fsp3) is 0.680. The molecule has 0 unspecified atom stereocenters. The standard InChI is InChI=1S/C25H43NO4/c1-5-6-7-8-9-10-11-12-13-14-15-16-17-18-19-20-25(29)30-23(21-24(27)28)22-26(2,3)4/h6-7,9-10,12-13,23H,5,8,11,14-22H2,1-4H3/b7-6-,10-9-,13-12-/t23-/m0/s1. The predicted octanol–water partition coefficient (Wildman–Crippen LogP) is 4.33. The molecule has 0 radical (unpaired) electrons. The number of hydrogen-bond donors (Lipinski definition) is 0. The highest BCUT2D eigenvalue weighted by atomic mass is 16.5. The van der Waals surface area contributed by atoms with Crippen LogP contribution in [0, 0.1) is 0 Å². The van der Waals surface area contributed by atoms with Crippen LogP contribution in [0.5, 0.6) is 0 Å². The number of quaternary nitrogens is 1. The van der Waals surface area contributed by atoms with Crippen molar-refractivity contribution in [3.8, 4) is 0 Å². The Bertz CT molecular complexity index is 544. The van der Waals surface area contributed by atoms with Crippen LogP contribution < -0.4 is 5.11 Å². The molecule has 172 valence electrons. The summed E-state index contributed by atoms with van der Waals surface area (Å²) in [6.45, 7) is 2.60. The van der Waals surface area contributed by atoms with Crippen LogP contribution in [0.2, 0.25) is 0 Å². The van der Waals surface area contributed by atoms with Crippen LogP contribution in [0.3, 0.4) is 0 Å². The highest BCUT2D eigenvalue weighted by Gasteiger charge is 2.22. The second-order valence-electron chi connectivity index (χ2n) is 8.76. The predicted molar refractivity (Wildman–Crippen MR) is 122 cm³/mol. The maximum Gasteiger partial charge on any atom is 0.306 e. The number of carboxylic acid groups (broad SMARTS) is 1. The molecule has 0 fully saturated rings. The zero-order chi connectivity index (χ0) is 22.7. The first-order valence-electron chi connectivity index (χ1n) is 11.4.